The fourth-order valence-electron chi connectivity index (χ4n) is 3.33. The topological polar surface area (TPSA) is 43.4 Å². The molecule has 0 radical (unpaired) electrons. The lowest BCUT2D eigenvalue weighted by atomic mass is 9.77. The molecule has 0 saturated carbocycles. The fourth-order valence-corrected chi connectivity index (χ4v) is 3.33. The number of carbonyl (C=O) groups excluding carboxylic acids is 2. The van der Waals surface area contributed by atoms with E-state index >= 15 is 0 Å². The minimum atomic E-state index is -0.442. The van der Waals surface area contributed by atoms with Crippen LogP contribution in [0, 0.1) is 0 Å². The predicted octanol–water partition coefficient (Wildman–Crippen LogP) is 4.74. The van der Waals surface area contributed by atoms with Crippen molar-refractivity contribution < 1.29 is 14.3 Å². The van der Waals surface area contributed by atoms with Gasteiger partial charge in [-0.05, 0) is 28.0 Å². The van der Waals surface area contributed by atoms with Crippen LogP contribution < -0.4 is 4.74 Å². The number of esters is 1. The van der Waals surface area contributed by atoms with Crippen molar-refractivity contribution in [2.24, 2.45) is 0 Å². The highest BCUT2D eigenvalue weighted by Crippen LogP contribution is 2.47. The Labute approximate surface area is 149 Å². The van der Waals surface area contributed by atoms with Crippen LogP contribution in [-0.4, -0.2) is 11.8 Å². The number of carbonyl (C=O) groups is 2. The van der Waals surface area contributed by atoms with Crippen LogP contribution in [0.2, 0.25) is 0 Å². The molecule has 0 fully saturated rings. The third-order valence-corrected chi connectivity index (χ3v) is 4.88. The lowest BCUT2D eigenvalue weighted by molar-refractivity contribution is -0.133. The van der Waals surface area contributed by atoms with Crippen molar-refractivity contribution in [3.8, 4) is 5.75 Å². The molecule has 1 aromatic rings. The van der Waals surface area contributed by atoms with E-state index in [0.717, 1.165) is 16.7 Å². The first kappa shape index (κ1) is 17.7. The third kappa shape index (κ3) is 3.20. The number of fused-ring (bicyclic) bond motifs is 1. The fraction of sp³-hybridized carbons (Fsp3) is 0.455. The molecule has 1 unspecified atom stereocenters. The molecular weight excluding hydrogens is 312 g/mol. The number of ether oxygens (including phenoxy) is 1. The summed E-state index contributed by atoms with van der Waals surface area (Å²) in [5.41, 5.74) is 3.87. The second-order valence-corrected chi connectivity index (χ2v) is 9.00. The maximum atomic E-state index is 12.7. The van der Waals surface area contributed by atoms with Crippen molar-refractivity contribution in [2.45, 2.75) is 64.7 Å². The van der Waals surface area contributed by atoms with Crippen LogP contribution in [0.15, 0.2) is 35.9 Å². The summed E-state index contributed by atoms with van der Waals surface area (Å²) < 4.78 is 5.73. The molecule has 3 heteroatoms. The number of ketones is 1. The number of rotatable bonds is 1. The molecule has 0 amide bonds. The average Bonchev–Trinajstić information content (AvgIpc) is 2.81. The van der Waals surface area contributed by atoms with Crippen molar-refractivity contribution in [2.75, 3.05) is 0 Å². The molecule has 1 aliphatic heterocycles. The van der Waals surface area contributed by atoms with Crippen LogP contribution in [0.25, 0.3) is 0 Å². The number of benzene rings is 1. The summed E-state index contributed by atoms with van der Waals surface area (Å²) in [5, 5.41) is 0. The smallest absolute Gasteiger partial charge is 0.323 e. The van der Waals surface area contributed by atoms with Crippen molar-refractivity contribution in [1.29, 1.82) is 0 Å². The standard InChI is InChI=1S/C22H26O3/c1-21(2,3)14-11-16-18(13-7-9-15(23)10-8-13)20(24)25-19(16)17(12-14)22(4,5)6/h7-9,11-12,18H,10H2,1-6H3. The lowest BCUT2D eigenvalue weighted by Crippen LogP contribution is -2.17. The van der Waals surface area contributed by atoms with E-state index in [1.54, 1.807) is 12.2 Å². The maximum absolute atomic E-state index is 12.7. The first-order chi connectivity index (χ1) is 11.5. The van der Waals surface area contributed by atoms with Crippen LogP contribution >= 0.6 is 0 Å². The van der Waals surface area contributed by atoms with Gasteiger partial charge in [0.2, 0.25) is 0 Å². The van der Waals surface area contributed by atoms with E-state index < -0.39 is 5.92 Å². The molecule has 2 aliphatic rings. The van der Waals surface area contributed by atoms with Gasteiger partial charge in [0, 0.05) is 17.5 Å². The predicted molar refractivity (Wildman–Crippen MR) is 99.1 cm³/mol. The van der Waals surface area contributed by atoms with Gasteiger partial charge in [-0.15, -0.1) is 0 Å². The van der Waals surface area contributed by atoms with E-state index in [1.807, 2.05) is 6.08 Å². The van der Waals surface area contributed by atoms with Gasteiger partial charge in [-0.25, -0.2) is 0 Å². The third-order valence-electron chi connectivity index (χ3n) is 4.88. The zero-order valence-corrected chi connectivity index (χ0v) is 15.9. The molecule has 0 N–H and O–H groups in total. The van der Waals surface area contributed by atoms with Crippen LogP contribution in [-0.2, 0) is 20.4 Å². The quantitative estimate of drug-likeness (QED) is 0.549. The highest BCUT2D eigenvalue weighted by Gasteiger charge is 2.40. The van der Waals surface area contributed by atoms with E-state index in [0.29, 0.717) is 12.2 Å². The van der Waals surface area contributed by atoms with Gasteiger partial charge in [0.05, 0.1) is 0 Å². The van der Waals surface area contributed by atoms with Gasteiger partial charge in [-0.2, -0.15) is 0 Å². The Bertz CT molecular complexity index is 811. The van der Waals surface area contributed by atoms with Gasteiger partial charge in [0.25, 0.3) is 0 Å². The van der Waals surface area contributed by atoms with Gasteiger partial charge in [0.15, 0.2) is 5.78 Å². The highest BCUT2D eigenvalue weighted by atomic mass is 16.5. The van der Waals surface area contributed by atoms with Crippen molar-refractivity contribution in [1.82, 2.24) is 0 Å². The molecule has 1 heterocycles. The summed E-state index contributed by atoms with van der Waals surface area (Å²) >= 11 is 0. The van der Waals surface area contributed by atoms with Crippen molar-refractivity contribution in [3.05, 3.63) is 52.6 Å². The van der Waals surface area contributed by atoms with E-state index in [9.17, 15) is 9.59 Å². The Balaban J connectivity index is 2.20. The molecule has 132 valence electrons. The molecule has 0 spiro atoms. The van der Waals surface area contributed by atoms with Gasteiger partial charge < -0.3 is 4.74 Å². The summed E-state index contributed by atoms with van der Waals surface area (Å²) in [5.74, 6) is 0.0652. The van der Waals surface area contributed by atoms with Crippen LogP contribution in [0.3, 0.4) is 0 Å². The Hall–Kier alpha value is -2.16. The first-order valence-corrected chi connectivity index (χ1v) is 8.80. The minimum absolute atomic E-state index is 0.0298. The Morgan fingerprint density at radius 1 is 0.960 bits per heavy atom. The maximum Gasteiger partial charge on any atom is 0.323 e. The normalized spacial score (nSPS) is 20.4. The molecule has 0 aromatic heterocycles. The molecular formula is C22H26O3. The zero-order valence-electron chi connectivity index (χ0n) is 15.9. The second-order valence-electron chi connectivity index (χ2n) is 9.00. The summed E-state index contributed by atoms with van der Waals surface area (Å²) in [7, 11) is 0. The molecule has 3 nitrogen and oxygen atoms in total. The van der Waals surface area contributed by atoms with Gasteiger partial charge in [-0.1, -0.05) is 65.8 Å². The van der Waals surface area contributed by atoms with Crippen LogP contribution in [0.5, 0.6) is 5.75 Å². The van der Waals surface area contributed by atoms with Gasteiger partial charge in [0.1, 0.15) is 11.7 Å². The Morgan fingerprint density at radius 2 is 1.64 bits per heavy atom. The van der Waals surface area contributed by atoms with Crippen molar-refractivity contribution >= 4 is 11.8 Å². The zero-order chi connectivity index (χ0) is 18.6. The SMILES string of the molecule is CC(C)(C)c1cc2c(c(C(C)(C)C)c1)OC(=O)C2C1=CCC(=O)C=C1. The minimum Gasteiger partial charge on any atom is -0.425 e. The molecule has 1 aliphatic carbocycles. The Kier molecular flexibility index (Phi) is 4.02. The molecule has 1 atom stereocenters. The second kappa shape index (κ2) is 5.69. The number of allylic oxidation sites excluding steroid dienone is 3. The summed E-state index contributed by atoms with van der Waals surface area (Å²) in [6.45, 7) is 12.9. The monoisotopic (exact) mass is 338 g/mol. The van der Waals surface area contributed by atoms with E-state index in [4.69, 9.17) is 4.74 Å². The molecule has 3 rings (SSSR count). The average molecular weight is 338 g/mol. The molecule has 25 heavy (non-hydrogen) atoms. The van der Waals surface area contributed by atoms with Crippen LogP contribution in [0.4, 0.5) is 0 Å². The lowest BCUT2D eigenvalue weighted by Gasteiger charge is -2.27. The summed E-state index contributed by atoms with van der Waals surface area (Å²) in [4.78, 5) is 24.1. The van der Waals surface area contributed by atoms with Crippen molar-refractivity contribution in [3.63, 3.8) is 0 Å². The Morgan fingerprint density at radius 3 is 2.16 bits per heavy atom. The molecule has 1 aromatic carbocycles. The van der Waals surface area contributed by atoms with E-state index in [-0.39, 0.29) is 22.6 Å². The number of hydrogen-bond donors (Lipinski definition) is 0. The number of hydrogen-bond acceptors (Lipinski definition) is 3. The summed E-state index contributed by atoms with van der Waals surface area (Å²) in [6.07, 6.45) is 5.51. The largest absolute Gasteiger partial charge is 0.425 e. The van der Waals surface area contributed by atoms with E-state index in [1.165, 1.54) is 5.56 Å². The summed E-state index contributed by atoms with van der Waals surface area (Å²) in [6, 6.07) is 4.27. The molecule has 0 saturated heterocycles. The van der Waals surface area contributed by atoms with Gasteiger partial charge >= 0.3 is 5.97 Å². The van der Waals surface area contributed by atoms with Gasteiger partial charge in [-0.3, -0.25) is 9.59 Å². The van der Waals surface area contributed by atoms with Crippen LogP contribution in [0.1, 0.15) is 70.6 Å². The van der Waals surface area contributed by atoms with E-state index in [2.05, 4.69) is 53.7 Å². The first-order valence-electron chi connectivity index (χ1n) is 8.80. The highest BCUT2D eigenvalue weighted by molar-refractivity contribution is 5.96. The molecule has 0 bridgehead atoms.